The molecule has 0 atom stereocenters. The lowest BCUT2D eigenvalue weighted by Crippen LogP contribution is -2.32. The number of anilines is 1. The van der Waals surface area contributed by atoms with Crippen molar-refractivity contribution in [2.24, 2.45) is 0 Å². The molecule has 1 amide bonds. The monoisotopic (exact) mass is 287 g/mol. The lowest BCUT2D eigenvalue weighted by molar-refractivity contribution is -0.116. The summed E-state index contributed by atoms with van der Waals surface area (Å²) in [6.07, 6.45) is 0. The Morgan fingerprint density at radius 2 is 1.60 bits per heavy atom. The van der Waals surface area contributed by atoms with Gasteiger partial charge in [-0.1, -0.05) is 42.5 Å². The Morgan fingerprint density at radius 3 is 2.20 bits per heavy atom. The van der Waals surface area contributed by atoms with Gasteiger partial charge in [-0.25, -0.2) is 0 Å². The first-order valence-electron chi connectivity index (χ1n) is 6.60. The molecule has 0 aliphatic rings. The van der Waals surface area contributed by atoms with E-state index in [4.69, 9.17) is 11.6 Å². The molecule has 0 aliphatic carbocycles. The van der Waals surface area contributed by atoms with Crippen molar-refractivity contribution in [2.45, 2.75) is 20.4 Å². The zero-order chi connectivity index (χ0) is 14.5. The molecule has 104 valence electrons. The molecule has 0 spiro atoms. The van der Waals surface area contributed by atoms with Crippen LogP contribution >= 0.6 is 11.6 Å². The Bertz CT molecular complexity index is 609. The summed E-state index contributed by atoms with van der Waals surface area (Å²) < 4.78 is 0. The molecule has 0 aliphatic heterocycles. The van der Waals surface area contributed by atoms with Crippen LogP contribution in [-0.2, 0) is 11.3 Å². The predicted octanol–water partition coefficient (Wildman–Crippen LogP) is 4.08. The topological polar surface area (TPSA) is 20.3 Å². The van der Waals surface area contributed by atoms with Crippen LogP contribution in [0, 0.1) is 13.8 Å². The summed E-state index contributed by atoms with van der Waals surface area (Å²) in [7, 11) is 0. The number of benzene rings is 2. The first-order valence-corrected chi connectivity index (χ1v) is 7.13. The van der Waals surface area contributed by atoms with Gasteiger partial charge < -0.3 is 4.90 Å². The number of hydrogen-bond acceptors (Lipinski definition) is 1. The molecule has 0 saturated heterocycles. The number of alkyl halides is 1. The molecule has 0 radical (unpaired) electrons. The van der Waals surface area contributed by atoms with Gasteiger partial charge in [0.1, 0.15) is 5.88 Å². The molecular formula is C17H18ClNO. The summed E-state index contributed by atoms with van der Waals surface area (Å²) in [6.45, 7) is 4.60. The molecule has 20 heavy (non-hydrogen) atoms. The van der Waals surface area contributed by atoms with Crippen molar-refractivity contribution in [1.82, 2.24) is 0 Å². The number of aryl methyl sites for hydroxylation is 2. The molecular weight excluding hydrogens is 270 g/mol. The lowest BCUT2D eigenvalue weighted by Gasteiger charge is -2.24. The molecule has 2 nitrogen and oxygen atoms in total. The summed E-state index contributed by atoms with van der Waals surface area (Å²) in [4.78, 5) is 13.9. The molecule has 0 saturated carbocycles. The third kappa shape index (κ3) is 3.20. The van der Waals surface area contributed by atoms with E-state index in [1.165, 1.54) is 5.56 Å². The van der Waals surface area contributed by atoms with Crippen LogP contribution in [-0.4, -0.2) is 11.8 Å². The Morgan fingerprint density at radius 1 is 1.00 bits per heavy atom. The molecule has 0 bridgehead atoms. The van der Waals surface area contributed by atoms with Crippen LogP contribution in [0.15, 0.2) is 48.5 Å². The van der Waals surface area contributed by atoms with E-state index in [0.717, 1.165) is 16.8 Å². The summed E-state index contributed by atoms with van der Waals surface area (Å²) in [5.41, 5.74) is 4.30. The van der Waals surface area contributed by atoms with Crippen LogP contribution in [0.3, 0.4) is 0 Å². The van der Waals surface area contributed by atoms with Crippen LogP contribution in [0.2, 0.25) is 0 Å². The van der Waals surface area contributed by atoms with Gasteiger partial charge in [-0.2, -0.15) is 0 Å². The van der Waals surface area contributed by atoms with E-state index >= 15 is 0 Å². The van der Waals surface area contributed by atoms with E-state index in [2.05, 4.69) is 13.0 Å². The summed E-state index contributed by atoms with van der Waals surface area (Å²) in [6, 6.07) is 16.0. The highest BCUT2D eigenvalue weighted by molar-refractivity contribution is 6.29. The van der Waals surface area contributed by atoms with Gasteiger partial charge in [0, 0.05) is 5.69 Å². The Kier molecular flexibility index (Phi) is 4.80. The van der Waals surface area contributed by atoms with E-state index in [9.17, 15) is 4.79 Å². The molecule has 0 N–H and O–H groups in total. The van der Waals surface area contributed by atoms with Crippen molar-refractivity contribution >= 4 is 23.2 Å². The van der Waals surface area contributed by atoms with Crippen molar-refractivity contribution in [3.63, 3.8) is 0 Å². The van der Waals surface area contributed by atoms with E-state index in [1.54, 1.807) is 4.90 Å². The van der Waals surface area contributed by atoms with Crippen LogP contribution in [0.25, 0.3) is 0 Å². The van der Waals surface area contributed by atoms with Gasteiger partial charge in [-0.3, -0.25) is 4.79 Å². The van der Waals surface area contributed by atoms with E-state index < -0.39 is 0 Å². The van der Waals surface area contributed by atoms with Gasteiger partial charge in [-0.05, 0) is 36.6 Å². The Labute approximate surface area is 125 Å². The van der Waals surface area contributed by atoms with Gasteiger partial charge in [-0.15, -0.1) is 11.6 Å². The van der Waals surface area contributed by atoms with Crippen molar-refractivity contribution in [3.05, 3.63) is 65.2 Å². The lowest BCUT2D eigenvalue weighted by atomic mass is 10.1. The average Bonchev–Trinajstić information content (AvgIpc) is 2.47. The van der Waals surface area contributed by atoms with Crippen LogP contribution < -0.4 is 4.90 Å². The normalized spacial score (nSPS) is 10.3. The molecule has 2 rings (SSSR count). The van der Waals surface area contributed by atoms with E-state index in [-0.39, 0.29) is 11.8 Å². The number of hydrogen-bond donors (Lipinski definition) is 0. The molecule has 0 heterocycles. The van der Waals surface area contributed by atoms with Crippen molar-refractivity contribution in [2.75, 3.05) is 10.8 Å². The Hall–Kier alpha value is -1.80. The molecule has 0 unspecified atom stereocenters. The minimum atomic E-state index is -0.0794. The second-order valence-corrected chi connectivity index (χ2v) is 5.09. The van der Waals surface area contributed by atoms with Crippen LogP contribution in [0.1, 0.15) is 16.7 Å². The third-order valence-electron chi connectivity index (χ3n) is 3.41. The van der Waals surface area contributed by atoms with Crippen LogP contribution in [0.4, 0.5) is 5.69 Å². The maximum absolute atomic E-state index is 12.2. The second kappa shape index (κ2) is 6.58. The first-order chi connectivity index (χ1) is 9.63. The zero-order valence-electron chi connectivity index (χ0n) is 11.8. The number of halogens is 1. The maximum Gasteiger partial charge on any atom is 0.242 e. The average molecular weight is 288 g/mol. The quantitative estimate of drug-likeness (QED) is 0.776. The minimum Gasteiger partial charge on any atom is -0.307 e. The molecule has 0 aromatic heterocycles. The molecule has 0 fully saturated rings. The van der Waals surface area contributed by atoms with Gasteiger partial charge in [0.2, 0.25) is 5.91 Å². The highest BCUT2D eigenvalue weighted by Gasteiger charge is 2.17. The van der Waals surface area contributed by atoms with Crippen LogP contribution in [0.5, 0.6) is 0 Å². The Balaban J connectivity index is 2.37. The number of carbonyl (C=O) groups excluding carboxylic acids is 1. The number of para-hydroxylation sites is 1. The predicted molar refractivity (Wildman–Crippen MR) is 84.3 cm³/mol. The fraction of sp³-hybridized carbons (Fsp3) is 0.235. The fourth-order valence-corrected chi connectivity index (χ4v) is 2.35. The SMILES string of the molecule is Cc1ccccc1CN(C(=O)CCl)c1ccccc1C. The standard InChI is InChI=1S/C17H18ClNO/c1-13-7-3-5-9-15(13)12-19(17(20)11-18)16-10-6-4-8-14(16)2/h3-10H,11-12H2,1-2H3. The molecule has 2 aromatic rings. The fourth-order valence-electron chi connectivity index (χ4n) is 2.20. The summed E-state index contributed by atoms with van der Waals surface area (Å²) >= 11 is 5.76. The minimum absolute atomic E-state index is 0.0137. The largest absolute Gasteiger partial charge is 0.307 e. The van der Waals surface area contributed by atoms with E-state index in [1.807, 2.05) is 49.4 Å². The molecule has 2 aromatic carbocycles. The maximum atomic E-state index is 12.2. The van der Waals surface area contributed by atoms with Gasteiger partial charge in [0.15, 0.2) is 0 Å². The van der Waals surface area contributed by atoms with Crippen molar-refractivity contribution in [3.8, 4) is 0 Å². The first kappa shape index (κ1) is 14.6. The summed E-state index contributed by atoms with van der Waals surface area (Å²) in [5, 5.41) is 0. The third-order valence-corrected chi connectivity index (χ3v) is 3.64. The molecule has 3 heteroatoms. The van der Waals surface area contributed by atoms with Gasteiger partial charge in [0.25, 0.3) is 0 Å². The van der Waals surface area contributed by atoms with Crippen molar-refractivity contribution < 1.29 is 4.79 Å². The highest BCUT2D eigenvalue weighted by atomic mass is 35.5. The van der Waals surface area contributed by atoms with Crippen molar-refractivity contribution in [1.29, 1.82) is 0 Å². The van der Waals surface area contributed by atoms with E-state index in [0.29, 0.717) is 6.54 Å². The van der Waals surface area contributed by atoms with Gasteiger partial charge >= 0.3 is 0 Å². The highest BCUT2D eigenvalue weighted by Crippen LogP contribution is 2.23. The number of rotatable bonds is 4. The van der Waals surface area contributed by atoms with Gasteiger partial charge in [0.05, 0.1) is 6.54 Å². The number of nitrogens with zero attached hydrogens (tertiary/aromatic N) is 1. The zero-order valence-corrected chi connectivity index (χ0v) is 12.5. The second-order valence-electron chi connectivity index (χ2n) is 4.83. The number of carbonyl (C=O) groups is 1. The smallest absolute Gasteiger partial charge is 0.242 e. The summed E-state index contributed by atoms with van der Waals surface area (Å²) in [5.74, 6) is -0.0931. The number of amides is 1.